The Bertz CT molecular complexity index is 3740. The summed E-state index contributed by atoms with van der Waals surface area (Å²) in [5.74, 6) is 1.86. The molecule has 0 radical (unpaired) electrons. The molecule has 294 valence electrons. The van der Waals surface area contributed by atoms with E-state index >= 15 is 0 Å². The molecular formula is C57H34N4OS. The van der Waals surface area contributed by atoms with Gasteiger partial charge in [-0.3, -0.25) is 0 Å². The zero-order valence-corrected chi connectivity index (χ0v) is 34.6. The molecule has 0 fully saturated rings. The summed E-state index contributed by atoms with van der Waals surface area (Å²) in [7, 11) is 0. The lowest BCUT2D eigenvalue weighted by Crippen LogP contribution is -2.01. The Morgan fingerprint density at radius 2 is 0.905 bits per heavy atom. The number of thiophene rings is 1. The summed E-state index contributed by atoms with van der Waals surface area (Å²) >= 11 is 1.75. The number of fused-ring (bicyclic) bond motifs is 10. The first-order chi connectivity index (χ1) is 31.2. The number of benzene rings is 9. The maximum absolute atomic E-state index is 6.77. The molecule has 0 aliphatic heterocycles. The average Bonchev–Trinajstić information content (AvgIpc) is 4.04. The quantitative estimate of drug-likeness (QED) is 0.168. The average molecular weight is 823 g/mol. The summed E-state index contributed by atoms with van der Waals surface area (Å²) in [6.07, 6.45) is 0. The molecule has 5 nitrogen and oxygen atoms in total. The van der Waals surface area contributed by atoms with Crippen LogP contribution in [-0.4, -0.2) is 19.5 Å². The second kappa shape index (κ2) is 14.2. The van der Waals surface area contributed by atoms with E-state index in [1.807, 2.05) is 42.5 Å². The molecule has 4 aromatic heterocycles. The van der Waals surface area contributed by atoms with E-state index in [4.69, 9.17) is 19.4 Å². The largest absolute Gasteiger partial charge is 0.455 e. The molecular weight excluding hydrogens is 789 g/mol. The molecule has 6 heteroatoms. The van der Waals surface area contributed by atoms with Crippen molar-refractivity contribution in [2.45, 2.75) is 0 Å². The standard InChI is InChI=1S/C57H34N4OS/c1-5-15-35(16-6-1)39-25-28-48-44(31-39)45-32-40(36-17-7-2-8-18-36)26-29-49(45)61(48)41-33-46-52-51(30-27-43-42-23-13-14-24-50(42)62-53(43)52)63-54(46)47(34-41)57-59-55(37-19-9-3-10-20-37)58-56(60-57)38-21-11-4-12-22-38/h1-34H. The summed E-state index contributed by atoms with van der Waals surface area (Å²) in [5, 5.41) is 6.74. The van der Waals surface area contributed by atoms with Gasteiger partial charge in [-0.2, -0.15) is 0 Å². The van der Waals surface area contributed by atoms with Crippen LogP contribution < -0.4 is 0 Å². The van der Waals surface area contributed by atoms with Crippen molar-refractivity contribution >= 4 is 75.3 Å². The number of aromatic nitrogens is 4. The minimum Gasteiger partial charge on any atom is -0.455 e. The predicted molar refractivity (Wildman–Crippen MR) is 262 cm³/mol. The number of hydrogen-bond acceptors (Lipinski definition) is 5. The number of hydrogen-bond donors (Lipinski definition) is 0. The van der Waals surface area contributed by atoms with Crippen molar-refractivity contribution in [3.8, 4) is 62.1 Å². The first-order valence-electron chi connectivity index (χ1n) is 21.1. The first kappa shape index (κ1) is 35.6. The highest BCUT2D eigenvalue weighted by molar-refractivity contribution is 7.26. The van der Waals surface area contributed by atoms with Crippen molar-refractivity contribution in [3.05, 3.63) is 206 Å². The van der Waals surface area contributed by atoms with E-state index in [2.05, 4.69) is 168 Å². The third-order valence-corrected chi connectivity index (χ3v) is 13.4. The number of para-hydroxylation sites is 1. The zero-order valence-electron chi connectivity index (χ0n) is 33.7. The van der Waals surface area contributed by atoms with Crippen molar-refractivity contribution in [2.75, 3.05) is 0 Å². The van der Waals surface area contributed by atoms with Crippen LogP contribution in [0.3, 0.4) is 0 Å². The van der Waals surface area contributed by atoms with E-state index in [-0.39, 0.29) is 0 Å². The fourth-order valence-electron chi connectivity index (χ4n) is 9.28. The molecule has 0 saturated heterocycles. The van der Waals surface area contributed by atoms with Gasteiger partial charge in [-0.15, -0.1) is 11.3 Å². The van der Waals surface area contributed by atoms with Gasteiger partial charge in [0.2, 0.25) is 0 Å². The highest BCUT2D eigenvalue weighted by atomic mass is 32.1. The molecule has 9 aromatic carbocycles. The van der Waals surface area contributed by atoms with E-state index in [0.29, 0.717) is 17.5 Å². The van der Waals surface area contributed by atoms with Crippen LogP contribution in [0, 0.1) is 0 Å². The van der Waals surface area contributed by atoms with Gasteiger partial charge in [0, 0.05) is 64.1 Å². The summed E-state index contributed by atoms with van der Waals surface area (Å²) in [6, 6.07) is 72.7. The Morgan fingerprint density at radius 1 is 0.381 bits per heavy atom. The first-order valence-corrected chi connectivity index (χ1v) is 21.9. The van der Waals surface area contributed by atoms with Crippen LogP contribution in [0.15, 0.2) is 211 Å². The second-order valence-electron chi connectivity index (χ2n) is 16.0. The van der Waals surface area contributed by atoms with Crippen LogP contribution in [0.25, 0.3) is 126 Å². The van der Waals surface area contributed by atoms with Gasteiger partial charge in [0.1, 0.15) is 11.2 Å². The van der Waals surface area contributed by atoms with Crippen LogP contribution in [-0.2, 0) is 0 Å². The smallest absolute Gasteiger partial charge is 0.165 e. The van der Waals surface area contributed by atoms with Gasteiger partial charge in [-0.25, -0.2) is 15.0 Å². The lowest BCUT2D eigenvalue weighted by Gasteiger charge is -2.13. The van der Waals surface area contributed by atoms with Crippen molar-refractivity contribution in [1.82, 2.24) is 19.5 Å². The molecule has 4 heterocycles. The minimum atomic E-state index is 0.612. The Hall–Kier alpha value is -8.19. The predicted octanol–water partition coefficient (Wildman–Crippen LogP) is 15.6. The molecule has 0 amide bonds. The van der Waals surface area contributed by atoms with Crippen LogP contribution in [0.1, 0.15) is 0 Å². The van der Waals surface area contributed by atoms with Crippen molar-refractivity contribution < 1.29 is 4.42 Å². The Labute approximate surface area is 365 Å². The van der Waals surface area contributed by atoms with Gasteiger partial charge in [0.05, 0.1) is 11.0 Å². The second-order valence-corrected chi connectivity index (χ2v) is 17.0. The van der Waals surface area contributed by atoms with E-state index < -0.39 is 0 Å². The van der Waals surface area contributed by atoms with Crippen molar-refractivity contribution in [1.29, 1.82) is 0 Å². The molecule has 0 aliphatic rings. The van der Waals surface area contributed by atoms with Crippen LogP contribution in [0.4, 0.5) is 0 Å². The van der Waals surface area contributed by atoms with E-state index in [0.717, 1.165) is 75.5 Å². The van der Waals surface area contributed by atoms with Gasteiger partial charge < -0.3 is 8.98 Å². The van der Waals surface area contributed by atoms with Crippen LogP contribution in [0.2, 0.25) is 0 Å². The fraction of sp³-hybridized carbons (Fsp3) is 0. The molecule has 0 unspecified atom stereocenters. The number of furan rings is 1. The number of rotatable bonds is 6. The topological polar surface area (TPSA) is 56.7 Å². The van der Waals surface area contributed by atoms with E-state index in [1.165, 1.54) is 33.0 Å². The maximum Gasteiger partial charge on any atom is 0.165 e. The molecule has 63 heavy (non-hydrogen) atoms. The zero-order chi connectivity index (χ0) is 41.4. The van der Waals surface area contributed by atoms with Crippen molar-refractivity contribution in [2.24, 2.45) is 0 Å². The molecule has 13 aromatic rings. The Balaban J connectivity index is 1.15. The van der Waals surface area contributed by atoms with Gasteiger partial charge >= 0.3 is 0 Å². The van der Waals surface area contributed by atoms with Gasteiger partial charge in [-0.05, 0) is 76.9 Å². The van der Waals surface area contributed by atoms with Gasteiger partial charge in [0.15, 0.2) is 17.5 Å². The SMILES string of the molecule is c1ccc(-c2ccc3c(c2)c2cc(-c4ccccc4)ccc2n3-c2cc(-c3nc(-c4ccccc4)nc(-c4ccccc4)n3)c3sc4ccc5c6ccccc6oc5c4c3c2)cc1. The van der Waals surface area contributed by atoms with Crippen molar-refractivity contribution in [3.63, 3.8) is 0 Å². The molecule has 0 atom stereocenters. The molecule has 0 spiro atoms. The van der Waals surface area contributed by atoms with Gasteiger partial charge in [-0.1, -0.05) is 152 Å². The Kier molecular flexibility index (Phi) is 8.01. The van der Waals surface area contributed by atoms with Crippen LogP contribution in [0.5, 0.6) is 0 Å². The third-order valence-electron chi connectivity index (χ3n) is 12.2. The fourth-order valence-corrected chi connectivity index (χ4v) is 10.5. The van der Waals surface area contributed by atoms with Crippen LogP contribution >= 0.6 is 11.3 Å². The summed E-state index contributed by atoms with van der Waals surface area (Å²) in [4.78, 5) is 15.7. The maximum atomic E-state index is 6.77. The monoisotopic (exact) mass is 822 g/mol. The number of nitrogens with zero attached hydrogens (tertiary/aromatic N) is 4. The van der Waals surface area contributed by atoms with E-state index in [9.17, 15) is 0 Å². The molecule has 0 N–H and O–H groups in total. The highest BCUT2D eigenvalue weighted by Gasteiger charge is 2.23. The summed E-state index contributed by atoms with van der Waals surface area (Å²) in [5.41, 5.74) is 12.5. The summed E-state index contributed by atoms with van der Waals surface area (Å²) in [6.45, 7) is 0. The summed E-state index contributed by atoms with van der Waals surface area (Å²) < 4.78 is 11.4. The minimum absolute atomic E-state index is 0.612. The molecule has 0 saturated carbocycles. The lowest BCUT2D eigenvalue weighted by molar-refractivity contribution is 0.673. The van der Waals surface area contributed by atoms with Gasteiger partial charge in [0.25, 0.3) is 0 Å². The molecule has 0 bridgehead atoms. The Morgan fingerprint density at radius 3 is 1.49 bits per heavy atom. The van der Waals surface area contributed by atoms with E-state index in [1.54, 1.807) is 11.3 Å². The third kappa shape index (κ3) is 5.80. The molecule has 13 rings (SSSR count). The highest BCUT2D eigenvalue weighted by Crippen LogP contribution is 2.47. The lowest BCUT2D eigenvalue weighted by atomic mass is 10.0. The normalized spacial score (nSPS) is 11.8. The molecule has 0 aliphatic carbocycles.